The summed E-state index contributed by atoms with van der Waals surface area (Å²) in [5.74, 6) is 0. The molecule has 0 saturated heterocycles. The van der Waals surface area contributed by atoms with Gasteiger partial charge in [-0.25, -0.2) is 0 Å². The van der Waals surface area contributed by atoms with Crippen molar-refractivity contribution in [2.45, 2.75) is 104 Å². The molecule has 0 rings (SSSR count). The van der Waals surface area contributed by atoms with Gasteiger partial charge in [0.25, 0.3) is 8.56 Å². The summed E-state index contributed by atoms with van der Waals surface area (Å²) in [6.45, 7) is 21.3. The molecule has 3 nitrogen and oxygen atoms in total. The first-order valence-electron chi connectivity index (χ1n) is 10.1. The van der Waals surface area contributed by atoms with Crippen LogP contribution in [0.25, 0.3) is 0 Å². The van der Waals surface area contributed by atoms with E-state index in [1.54, 1.807) is 0 Å². The highest BCUT2D eigenvalue weighted by Gasteiger charge is 2.49. The van der Waals surface area contributed by atoms with Gasteiger partial charge < -0.3 is 14.6 Å². The van der Waals surface area contributed by atoms with Crippen molar-refractivity contribution in [3.63, 3.8) is 0 Å². The monoisotopic (exact) mass is 359 g/mol. The van der Waals surface area contributed by atoms with Crippen molar-refractivity contribution in [2.75, 3.05) is 13.1 Å². The Kier molecular flexibility index (Phi) is 11.2. The number of hydrogen-bond donors (Lipinski definition) is 3. The summed E-state index contributed by atoms with van der Waals surface area (Å²) in [5, 5.41) is 0.256. The molecule has 0 aromatic rings. The van der Waals surface area contributed by atoms with Gasteiger partial charge in [0, 0.05) is 0 Å². The third-order valence-electron chi connectivity index (χ3n) is 5.45. The number of nitrogens with one attached hydrogen (secondary N) is 3. The summed E-state index contributed by atoms with van der Waals surface area (Å²) in [4.78, 5) is 8.09. The Morgan fingerprint density at radius 1 is 0.696 bits per heavy atom. The topological polar surface area (TPSA) is 36.1 Å². The Bertz CT molecular complexity index is 281. The van der Waals surface area contributed by atoms with Crippen LogP contribution < -0.4 is 14.6 Å². The Morgan fingerprint density at radius 2 is 1.09 bits per heavy atom. The summed E-state index contributed by atoms with van der Waals surface area (Å²) in [6, 6.07) is 3.99. The first-order valence-corrected chi connectivity index (χ1v) is 14.7. The van der Waals surface area contributed by atoms with E-state index in [1.165, 1.54) is 43.8 Å². The molecule has 0 amide bonds. The Hall–Kier alpha value is 0.314. The second-order valence-electron chi connectivity index (χ2n) is 8.03. The van der Waals surface area contributed by atoms with Gasteiger partial charge in [0.1, 0.15) is 8.24 Å². The van der Waals surface area contributed by atoms with Gasteiger partial charge in [0.15, 0.2) is 0 Å². The first kappa shape index (κ1) is 23.3. The lowest BCUT2D eigenvalue weighted by molar-refractivity contribution is 0.598. The third-order valence-corrected chi connectivity index (χ3v) is 16.9. The standard InChI is InChI=1S/C18H45N3Si2/c1-9-14-16-19-23(18(6,7)8,20-17-15-10-2)21-22(11-3,12-4)13-5/h19-21H,9-17H2,1-8H3. The maximum Gasteiger partial charge on any atom is 0.280 e. The molecule has 0 heterocycles. The Labute approximate surface area is 149 Å². The van der Waals surface area contributed by atoms with E-state index in [9.17, 15) is 0 Å². The normalized spacial score (nSPS) is 13.6. The van der Waals surface area contributed by atoms with Crippen molar-refractivity contribution in [3.05, 3.63) is 0 Å². The van der Waals surface area contributed by atoms with Crippen LogP contribution in [0, 0.1) is 0 Å². The number of rotatable bonds is 13. The molecule has 0 atom stereocenters. The Balaban J connectivity index is 5.49. The third kappa shape index (κ3) is 6.98. The predicted octanol–water partition coefficient (Wildman–Crippen LogP) is 5.10. The van der Waals surface area contributed by atoms with Crippen LogP contribution in [0.15, 0.2) is 0 Å². The fourth-order valence-corrected chi connectivity index (χ4v) is 14.5. The molecule has 0 bridgehead atoms. The smallest absolute Gasteiger partial charge is 0.280 e. The zero-order chi connectivity index (χ0) is 18.0. The predicted molar refractivity (Wildman–Crippen MR) is 112 cm³/mol. The highest BCUT2D eigenvalue weighted by molar-refractivity contribution is 6.92. The summed E-state index contributed by atoms with van der Waals surface area (Å²) in [6.07, 6.45) is 5.05. The van der Waals surface area contributed by atoms with E-state index >= 15 is 0 Å². The first-order chi connectivity index (χ1) is 10.8. The van der Waals surface area contributed by atoms with Crippen LogP contribution in [0.2, 0.25) is 23.2 Å². The minimum absolute atomic E-state index is 0.256. The highest BCUT2D eigenvalue weighted by atomic mass is 28.4. The maximum atomic E-state index is 4.34. The van der Waals surface area contributed by atoms with Crippen LogP contribution in [-0.2, 0) is 0 Å². The summed E-state index contributed by atoms with van der Waals surface area (Å²) >= 11 is 0. The highest BCUT2D eigenvalue weighted by Crippen LogP contribution is 2.33. The van der Waals surface area contributed by atoms with Gasteiger partial charge in [-0.1, -0.05) is 68.2 Å². The molecule has 0 aromatic heterocycles. The van der Waals surface area contributed by atoms with Gasteiger partial charge in [-0.15, -0.1) is 0 Å². The van der Waals surface area contributed by atoms with Crippen LogP contribution in [0.1, 0.15) is 81.1 Å². The largest absolute Gasteiger partial charge is 0.334 e. The van der Waals surface area contributed by atoms with E-state index in [0.717, 1.165) is 13.1 Å². The van der Waals surface area contributed by atoms with Gasteiger partial charge in [-0.2, -0.15) is 0 Å². The summed E-state index contributed by atoms with van der Waals surface area (Å²) < 4.78 is 4.34. The molecule has 23 heavy (non-hydrogen) atoms. The van der Waals surface area contributed by atoms with Crippen molar-refractivity contribution in [1.82, 2.24) is 14.6 Å². The molecule has 0 spiro atoms. The average molecular weight is 360 g/mol. The number of hydrogen-bond acceptors (Lipinski definition) is 3. The van der Waals surface area contributed by atoms with E-state index in [4.69, 9.17) is 0 Å². The molecule has 0 unspecified atom stereocenters. The van der Waals surface area contributed by atoms with Crippen LogP contribution in [-0.4, -0.2) is 29.9 Å². The minimum Gasteiger partial charge on any atom is -0.334 e. The SMILES string of the molecule is CCCCN[Si](NCCCC)(N[Si](CC)(CC)CC)C(C)(C)C. The Morgan fingerprint density at radius 3 is 1.35 bits per heavy atom. The molecule has 0 aliphatic carbocycles. The molecule has 0 fully saturated rings. The van der Waals surface area contributed by atoms with Crippen LogP contribution >= 0.6 is 0 Å². The van der Waals surface area contributed by atoms with Gasteiger partial charge in [-0.3, -0.25) is 0 Å². The summed E-state index contributed by atoms with van der Waals surface area (Å²) in [5.41, 5.74) is 0. The van der Waals surface area contributed by atoms with Crippen LogP contribution in [0.4, 0.5) is 0 Å². The minimum atomic E-state index is -1.96. The van der Waals surface area contributed by atoms with Crippen molar-refractivity contribution in [2.24, 2.45) is 0 Å². The molecule has 3 N–H and O–H groups in total. The second-order valence-corrected chi connectivity index (χ2v) is 17.4. The molecular weight excluding hydrogens is 314 g/mol. The molecule has 0 saturated carbocycles. The van der Waals surface area contributed by atoms with Crippen molar-refractivity contribution < 1.29 is 0 Å². The molecular formula is C18H45N3Si2. The fraction of sp³-hybridized carbons (Fsp3) is 1.00. The quantitative estimate of drug-likeness (QED) is 0.316. The van der Waals surface area contributed by atoms with Crippen LogP contribution in [0.3, 0.4) is 0 Å². The van der Waals surface area contributed by atoms with E-state index in [2.05, 4.69) is 70.0 Å². The number of unbranched alkanes of at least 4 members (excludes halogenated alkanes) is 2. The van der Waals surface area contributed by atoms with Gasteiger partial charge in [0.05, 0.1) is 0 Å². The van der Waals surface area contributed by atoms with Crippen molar-refractivity contribution in [3.8, 4) is 0 Å². The second kappa shape index (κ2) is 11.0. The average Bonchev–Trinajstić information content (AvgIpc) is 2.51. The molecule has 5 heteroatoms. The molecule has 0 aromatic carbocycles. The summed E-state index contributed by atoms with van der Waals surface area (Å²) in [7, 11) is -3.35. The molecule has 0 aliphatic heterocycles. The van der Waals surface area contributed by atoms with Crippen LogP contribution in [0.5, 0.6) is 0 Å². The van der Waals surface area contributed by atoms with E-state index in [1.807, 2.05) is 0 Å². The fourth-order valence-electron chi connectivity index (χ4n) is 3.19. The van der Waals surface area contributed by atoms with Gasteiger partial charge >= 0.3 is 0 Å². The van der Waals surface area contributed by atoms with E-state index in [-0.39, 0.29) is 5.04 Å². The zero-order valence-electron chi connectivity index (χ0n) is 17.4. The molecule has 0 aliphatic rings. The van der Waals surface area contributed by atoms with E-state index < -0.39 is 16.8 Å². The lowest BCUT2D eigenvalue weighted by atomic mass is 10.2. The van der Waals surface area contributed by atoms with Gasteiger partial charge in [0.2, 0.25) is 0 Å². The molecule has 0 radical (unpaired) electrons. The lowest BCUT2D eigenvalue weighted by Crippen LogP contribution is -2.82. The lowest BCUT2D eigenvalue weighted by Gasteiger charge is -2.49. The van der Waals surface area contributed by atoms with Crippen molar-refractivity contribution >= 4 is 16.8 Å². The van der Waals surface area contributed by atoms with Crippen molar-refractivity contribution in [1.29, 1.82) is 0 Å². The zero-order valence-corrected chi connectivity index (χ0v) is 19.4. The van der Waals surface area contributed by atoms with E-state index in [0.29, 0.717) is 0 Å². The van der Waals surface area contributed by atoms with Gasteiger partial charge in [-0.05, 0) is 49.1 Å². The molecule has 140 valence electrons. The maximum absolute atomic E-state index is 4.34.